The Bertz CT molecular complexity index is 736. The zero-order valence-corrected chi connectivity index (χ0v) is 11.9. The third kappa shape index (κ3) is 2.91. The van der Waals surface area contributed by atoms with E-state index in [4.69, 9.17) is 22.1 Å². The van der Waals surface area contributed by atoms with Gasteiger partial charge in [0.2, 0.25) is 11.8 Å². The van der Waals surface area contributed by atoms with E-state index in [1.807, 2.05) is 0 Å². The number of hydrogen-bond acceptors (Lipinski definition) is 6. The Morgan fingerprint density at radius 2 is 2.05 bits per heavy atom. The number of nitrogens with one attached hydrogen (secondary N) is 1. The van der Waals surface area contributed by atoms with Crippen LogP contribution < -0.4 is 15.2 Å². The van der Waals surface area contributed by atoms with Crippen molar-refractivity contribution in [1.82, 2.24) is 9.97 Å². The molecule has 9 heteroatoms. The third-order valence-electron chi connectivity index (χ3n) is 2.34. The van der Waals surface area contributed by atoms with Crippen molar-refractivity contribution in [3.05, 3.63) is 35.5 Å². The first-order valence-electron chi connectivity index (χ1n) is 5.38. The fourth-order valence-corrected chi connectivity index (χ4v) is 2.70. The van der Waals surface area contributed by atoms with Gasteiger partial charge in [-0.3, -0.25) is 0 Å². The summed E-state index contributed by atoms with van der Waals surface area (Å²) in [6.45, 7) is 0. The Kier molecular flexibility index (Phi) is 3.96. The first-order valence-corrected chi connectivity index (χ1v) is 7.24. The van der Waals surface area contributed by atoms with Crippen molar-refractivity contribution in [2.45, 2.75) is 4.90 Å². The Balaban J connectivity index is 2.36. The molecule has 1 aromatic heterocycles. The molecule has 0 aliphatic carbocycles. The molecular formula is C11H11ClN4O3S. The Morgan fingerprint density at radius 1 is 1.35 bits per heavy atom. The van der Waals surface area contributed by atoms with Crippen LogP contribution in [0.3, 0.4) is 0 Å². The molecule has 0 saturated heterocycles. The number of nitrogens with two attached hydrogens (primary N) is 1. The molecule has 2 aromatic rings. The molecule has 0 fully saturated rings. The minimum absolute atomic E-state index is 0.0579. The van der Waals surface area contributed by atoms with Gasteiger partial charge in [-0.2, -0.15) is 4.98 Å². The molecule has 20 heavy (non-hydrogen) atoms. The van der Waals surface area contributed by atoms with E-state index in [0.29, 0.717) is 0 Å². The lowest BCUT2D eigenvalue weighted by Crippen LogP contribution is -2.16. The normalized spacial score (nSPS) is 11.1. The van der Waals surface area contributed by atoms with Crippen molar-refractivity contribution in [2.24, 2.45) is 0 Å². The molecular weight excluding hydrogens is 304 g/mol. The maximum Gasteiger partial charge on any atom is 0.266 e. The molecule has 7 nitrogen and oxygen atoms in total. The number of nitrogens with zero attached hydrogens (tertiary/aromatic N) is 2. The van der Waals surface area contributed by atoms with Gasteiger partial charge in [-0.05, 0) is 12.1 Å². The number of anilines is 2. The molecule has 0 aliphatic rings. The summed E-state index contributed by atoms with van der Waals surface area (Å²) < 4.78 is 31.4. The first-order chi connectivity index (χ1) is 9.44. The molecule has 0 saturated carbocycles. The van der Waals surface area contributed by atoms with Crippen molar-refractivity contribution in [1.29, 1.82) is 0 Å². The average molecular weight is 315 g/mol. The van der Waals surface area contributed by atoms with Gasteiger partial charge in [0.25, 0.3) is 10.0 Å². The Morgan fingerprint density at radius 3 is 2.70 bits per heavy atom. The number of ether oxygens (including phenoxy) is 1. The number of nitrogen functional groups attached to an aromatic ring is 1. The molecule has 3 N–H and O–H groups in total. The summed E-state index contributed by atoms with van der Waals surface area (Å²) in [7, 11) is -2.52. The number of halogens is 1. The minimum Gasteiger partial charge on any atom is -0.480 e. The second kappa shape index (κ2) is 5.51. The number of para-hydroxylation sites is 1. The smallest absolute Gasteiger partial charge is 0.266 e. The maximum absolute atomic E-state index is 12.2. The van der Waals surface area contributed by atoms with Gasteiger partial charge in [0.1, 0.15) is 9.92 Å². The van der Waals surface area contributed by atoms with Crippen LogP contribution in [0.2, 0.25) is 5.02 Å². The zero-order valence-electron chi connectivity index (χ0n) is 10.4. The summed E-state index contributed by atoms with van der Waals surface area (Å²) in [5.74, 6) is -0.0881. The van der Waals surface area contributed by atoms with E-state index in [-0.39, 0.29) is 27.4 Å². The predicted molar refractivity (Wildman–Crippen MR) is 75.3 cm³/mol. The lowest BCUT2D eigenvalue weighted by atomic mass is 10.3. The summed E-state index contributed by atoms with van der Waals surface area (Å²) in [6, 6.07) is 6.06. The lowest BCUT2D eigenvalue weighted by molar-refractivity contribution is 0.398. The van der Waals surface area contributed by atoms with Crippen LogP contribution in [0.5, 0.6) is 5.88 Å². The molecule has 2 rings (SSSR count). The van der Waals surface area contributed by atoms with Crippen LogP contribution in [-0.4, -0.2) is 25.5 Å². The fourth-order valence-electron chi connectivity index (χ4n) is 1.44. The van der Waals surface area contributed by atoms with Crippen molar-refractivity contribution in [3.63, 3.8) is 0 Å². The van der Waals surface area contributed by atoms with Crippen molar-refractivity contribution < 1.29 is 13.2 Å². The Hall–Kier alpha value is -2.06. The number of methoxy groups -OCH3 is 1. The summed E-state index contributed by atoms with van der Waals surface area (Å²) in [4.78, 5) is 7.55. The van der Waals surface area contributed by atoms with E-state index in [9.17, 15) is 8.42 Å². The molecule has 0 amide bonds. The van der Waals surface area contributed by atoms with Gasteiger partial charge in [0, 0.05) is 0 Å². The van der Waals surface area contributed by atoms with Crippen LogP contribution in [0.25, 0.3) is 0 Å². The molecule has 0 aliphatic heterocycles. The molecule has 1 aromatic carbocycles. The summed E-state index contributed by atoms with van der Waals surface area (Å²) in [5.41, 5.74) is 5.76. The molecule has 106 valence electrons. The van der Waals surface area contributed by atoms with Gasteiger partial charge in [-0.15, -0.1) is 0 Å². The number of aromatic nitrogens is 2. The first kappa shape index (κ1) is 14.4. The van der Waals surface area contributed by atoms with Crippen LogP contribution in [0.1, 0.15) is 0 Å². The van der Waals surface area contributed by atoms with Gasteiger partial charge in [0.05, 0.1) is 19.0 Å². The highest BCUT2D eigenvalue weighted by Crippen LogP contribution is 2.23. The van der Waals surface area contributed by atoms with Crippen LogP contribution >= 0.6 is 11.6 Å². The van der Waals surface area contributed by atoms with Crippen molar-refractivity contribution >= 4 is 33.3 Å². The SMILES string of the molecule is COc1nc(NS(=O)(=O)c2ccccc2N)ncc1Cl. The van der Waals surface area contributed by atoms with Crippen molar-refractivity contribution in [3.8, 4) is 5.88 Å². The molecule has 0 atom stereocenters. The van der Waals surface area contributed by atoms with Gasteiger partial charge in [-0.25, -0.2) is 18.1 Å². The largest absolute Gasteiger partial charge is 0.480 e. The second-order valence-electron chi connectivity index (χ2n) is 3.69. The molecule has 0 unspecified atom stereocenters. The quantitative estimate of drug-likeness (QED) is 0.828. The summed E-state index contributed by atoms with van der Waals surface area (Å²) in [6.07, 6.45) is 1.24. The monoisotopic (exact) mass is 314 g/mol. The second-order valence-corrected chi connectivity index (χ2v) is 5.75. The molecule has 0 bridgehead atoms. The van der Waals surface area contributed by atoms with Crippen LogP contribution in [-0.2, 0) is 10.0 Å². The molecule has 0 spiro atoms. The number of benzene rings is 1. The minimum atomic E-state index is -3.88. The summed E-state index contributed by atoms with van der Waals surface area (Å²) >= 11 is 5.76. The highest BCUT2D eigenvalue weighted by Gasteiger charge is 2.19. The van der Waals surface area contributed by atoms with E-state index < -0.39 is 10.0 Å². The van der Waals surface area contributed by atoms with Gasteiger partial charge in [-0.1, -0.05) is 23.7 Å². The van der Waals surface area contributed by atoms with E-state index in [0.717, 1.165) is 0 Å². The van der Waals surface area contributed by atoms with E-state index in [2.05, 4.69) is 14.7 Å². The topological polar surface area (TPSA) is 107 Å². The molecule has 1 heterocycles. The fraction of sp³-hybridized carbons (Fsp3) is 0.0909. The zero-order chi connectivity index (χ0) is 14.8. The van der Waals surface area contributed by atoms with Gasteiger partial charge >= 0.3 is 0 Å². The number of rotatable bonds is 4. The highest BCUT2D eigenvalue weighted by molar-refractivity contribution is 7.92. The van der Waals surface area contributed by atoms with E-state index in [1.165, 1.54) is 25.4 Å². The Labute approximate surface area is 120 Å². The lowest BCUT2D eigenvalue weighted by Gasteiger charge is -2.09. The number of sulfonamides is 1. The predicted octanol–water partition coefficient (Wildman–Crippen LogP) is 1.52. The van der Waals surface area contributed by atoms with E-state index >= 15 is 0 Å². The molecule has 0 radical (unpaired) electrons. The standard InChI is InChI=1S/C11H11ClN4O3S/c1-19-10-7(12)6-14-11(15-10)16-20(17,18)9-5-3-2-4-8(9)13/h2-6H,13H2,1H3,(H,14,15,16). The van der Waals surface area contributed by atoms with Crippen LogP contribution in [0.4, 0.5) is 11.6 Å². The maximum atomic E-state index is 12.2. The van der Waals surface area contributed by atoms with Crippen LogP contribution in [0.15, 0.2) is 35.4 Å². The highest BCUT2D eigenvalue weighted by atomic mass is 35.5. The third-order valence-corrected chi connectivity index (χ3v) is 4.00. The van der Waals surface area contributed by atoms with Crippen LogP contribution in [0, 0.1) is 0 Å². The van der Waals surface area contributed by atoms with E-state index in [1.54, 1.807) is 12.1 Å². The van der Waals surface area contributed by atoms with Gasteiger partial charge in [0.15, 0.2) is 0 Å². The van der Waals surface area contributed by atoms with Crippen molar-refractivity contribution in [2.75, 3.05) is 17.6 Å². The average Bonchev–Trinajstić information content (AvgIpc) is 2.41. The number of hydrogen-bond donors (Lipinski definition) is 2. The van der Waals surface area contributed by atoms with Gasteiger partial charge < -0.3 is 10.5 Å². The summed E-state index contributed by atoms with van der Waals surface area (Å²) in [5, 5.41) is 0.176.